The lowest BCUT2D eigenvalue weighted by atomic mass is 10.0. The van der Waals surface area contributed by atoms with Gasteiger partial charge in [0.25, 0.3) is 0 Å². The summed E-state index contributed by atoms with van der Waals surface area (Å²) in [6.45, 7) is 2.04. The number of nitrogens with two attached hydrogens (primary N) is 1. The van der Waals surface area contributed by atoms with Crippen LogP contribution in [0.5, 0.6) is 0 Å². The Morgan fingerprint density at radius 3 is 2.88 bits per heavy atom. The summed E-state index contributed by atoms with van der Waals surface area (Å²) in [7, 11) is 1.92. The van der Waals surface area contributed by atoms with Gasteiger partial charge in [-0.2, -0.15) is 0 Å². The van der Waals surface area contributed by atoms with Crippen LogP contribution >= 0.6 is 0 Å². The second-order valence-electron chi connectivity index (χ2n) is 4.06. The Morgan fingerprint density at radius 2 is 2.29 bits per heavy atom. The van der Waals surface area contributed by atoms with Gasteiger partial charge in [0, 0.05) is 6.20 Å². The van der Waals surface area contributed by atoms with Crippen molar-refractivity contribution in [2.24, 2.45) is 0 Å². The number of aromatic nitrogens is 1. The number of furan rings is 1. The van der Waals surface area contributed by atoms with Crippen molar-refractivity contribution in [2.45, 2.75) is 19.4 Å². The normalized spacial score (nSPS) is 12.6. The molecule has 4 heteroatoms. The van der Waals surface area contributed by atoms with Crippen molar-refractivity contribution in [3.63, 3.8) is 0 Å². The molecule has 2 rings (SSSR count). The van der Waals surface area contributed by atoms with E-state index in [2.05, 4.69) is 10.3 Å². The molecule has 0 fully saturated rings. The molecule has 2 aromatic heterocycles. The number of nitrogens with zero attached hydrogens (tertiary/aromatic N) is 1. The van der Waals surface area contributed by atoms with Crippen molar-refractivity contribution in [1.82, 2.24) is 10.3 Å². The molecule has 3 N–H and O–H groups in total. The molecule has 0 saturated heterocycles. The molecule has 0 bridgehead atoms. The number of rotatable bonds is 4. The monoisotopic (exact) mass is 231 g/mol. The highest BCUT2D eigenvalue weighted by Gasteiger charge is 2.16. The first-order chi connectivity index (χ1) is 8.22. The van der Waals surface area contributed by atoms with Gasteiger partial charge in [0.05, 0.1) is 12.3 Å². The zero-order chi connectivity index (χ0) is 12.3. The van der Waals surface area contributed by atoms with Crippen LogP contribution in [0, 0.1) is 6.92 Å². The minimum Gasteiger partial charge on any atom is -0.467 e. The van der Waals surface area contributed by atoms with E-state index in [1.165, 1.54) is 0 Å². The first kappa shape index (κ1) is 11.7. The molecule has 0 aromatic carbocycles. The molecule has 17 heavy (non-hydrogen) atoms. The lowest BCUT2D eigenvalue weighted by molar-refractivity contribution is 0.426. The van der Waals surface area contributed by atoms with Crippen LogP contribution in [0.4, 0.5) is 5.82 Å². The van der Waals surface area contributed by atoms with Gasteiger partial charge in [0.2, 0.25) is 0 Å². The summed E-state index contributed by atoms with van der Waals surface area (Å²) in [6.07, 6.45) is 4.18. The van der Waals surface area contributed by atoms with Gasteiger partial charge in [0.15, 0.2) is 0 Å². The Bertz CT molecular complexity index is 493. The molecular weight excluding hydrogens is 214 g/mol. The number of hydrogen-bond donors (Lipinski definition) is 2. The zero-order valence-electron chi connectivity index (χ0n) is 10.1. The molecule has 1 unspecified atom stereocenters. The lowest BCUT2D eigenvalue weighted by Gasteiger charge is -2.15. The number of pyridine rings is 1. The summed E-state index contributed by atoms with van der Waals surface area (Å²) >= 11 is 0. The van der Waals surface area contributed by atoms with Crippen LogP contribution in [-0.4, -0.2) is 12.0 Å². The average Bonchev–Trinajstić information content (AvgIpc) is 2.75. The third-order valence-corrected chi connectivity index (χ3v) is 2.92. The second kappa shape index (κ2) is 5.01. The first-order valence-electron chi connectivity index (χ1n) is 5.63. The maximum absolute atomic E-state index is 5.85. The van der Waals surface area contributed by atoms with Crippen LogP contribution in [0.2, 0.25) is 0 Å². The summed E-state index contributed by atoms with van der Waals surface area (Å²) in [6, 6.07) is 5.97. The number of aryl methyl sites for hydroxylation is 1. The maximum atomic E-state index is 5.85. The fourth-order valence-corrected chi connectivity index (χ4v) is 1.91. The van der Waals surface area contributed by atoms with Gasteiger partial charge < -0.3 is 15.5 Å². The van der Waals surface area contributed by atoms with E-state index in [1.54, 1.807) is 12.5 Å². The van der Waals surface area contributed by atoms with E-state index in [0.717, 1.165) is 23.3 Å². The maximum Gasteiger partial charge on any atom is 0.126 e. The standard InChI is InChI=1S/C13H17N3O/c1-9-5-7-17-12(9)11(15-2)8-10-4-3-6-16-13(10)14/h3-7,11,15H,8H2,1-2H3,(H2,14,16). The Morgan fingerprint density at radius 1 is 1.47 bits per heavy atom. The number of nitrogens with one attached hydrogen (secondary N) is 1. The molecule has 90 valence electrons. The van der Waals surface area contributed by atoms with Gasteiger partial charge in [0.1, 0.15) is 11.6 Å². The highest BCUT2D eigenvalue weighted by molar-refractivity contribution is 5.39. The topological polar surface area (TPSA) is 64.1 Å². The first-order valence-corrected chi connectivity index (χ1v) is 5.63. The smallest absolute Gasteiger partial charge is 0.126 e. The molecule has 4 nitrogen and oxygen atoms in total. The molecule has 0 aliphatic rings. The van der Waals surface area contributed by atoms with Crippen LogP contribution in [0.1, 0.15) is 22.9 Å². The van der Waals surface area contributed by atoms with Crippen molar-refractivity contribution in [1.29, 1.82) is 0 Å². The molecule has 0 saturated carbocycles. The van der Waals surface area contributed by atoms with Crippen LogP contribution in [-0.2, 0) is 6.42 Å². The van der Waals surface area contributed by atoms with Crippen LogP contribution in [0.25, 0.3) is 0 Å². The summed E-state index contributed by atoms with van der Waals surface area (Å²) in [4.78, 5) is 4.09. The Hall–Kier alpha value is -1.81. The van der Waals surface area contributed by atoms with Crippen molar-refractivity contribution in [3.05, 3.63) is 47.5 Å². The van der Waals surface area contributed by atoms with Crippen LogP contribution in [0.3, 0.4) is 0 Å². The minimum absolute atomic E-state index is 0.122. The van der Waals surface area contributed by atoms with Crippen molar-refractivity contribution < 1.29 is 4.42 Å². The molecule has 1 atom stereocenters. The Labute approximate surface area is 101 Å². The van der Waals surface area contributed by atoms with E-state index < -0.39 is 0 Å². The highest BCUT2D eigenvalue weighted by Crippen LogP contribution is 2.23. The fourth-order valence-electron chi connectivity index (χ4n) is 1.91. The van der Waals surface area contributed by atoms with E-state index in [9.17, 15) is 0 Å². The molecule has 0 radical (unpaired) electrons. The highest BCUT2D eigenvalue weighted by atomic mass is 16.3. The summed E-state index contributed by atoms with van der Waals surface area (Å²) in [5.41, 5.74) is 8.02. The lowest BCUT2D eigenvalue weighted by Crippen LogP contribution is -2.19. The van der Waals surface area contributed by atoms with Crippen molar-refractivity contribution in [2.75, 3.05) is 12.8 Å². The van der Waals surface area contributed by atoms with E-state index in [1.807, 2.05) is 32.2 Å². The summed E-state index contributed by atoms with van der Waals surface area (Å²) in [5, 5.41) is 3.24. The minimum atomic E-state index is 0.122. The zero-order valence-corrected chi connectivity index (χ0v) is 10.1. The van der Waals surface area contributed by atoms with Gasteiger partial charge in [-0.1, -0.05) is 6.07 Å². The molecular formula is C13H17N3O. The van der Waals surface area contributed by atoms with Crippen LogP contribution < -0.4 is 11.1 Å². The quantitative estimate of drug-likeness (QED) is 0.845. The largest absolute Gasteiger partial charge is 0.467 e. The van der Waals surface area contributed by atoms with Gasteiger partial charge in [-0.05, 0) is 43.7 Å². The third-order valence-electron chi connectivity index (χ3n) is 2.92. The number of hydrogen-bond acceptors (Lipinski definition) is 4. The molecule has 0 aliphatic carbocycles. The predicted molar refractivity (Wildman–Crippen MR) is 67.6 cm³/mol. The van der Waals surface area contributed by atoms with E-state index in [-0.39, 0.29) is 6.04 Å². The van der Waals surface area contributed by atoms with Crippen molar-refractivity contribution in [3.8, 4) is 0 Å². The molecule has 0 aliphatic heterocycles. The molecule has 2 heterocycles. The Balaban J connectivity index is 2.22. The van der Waals surface area contributed by atoms with E-state index in [4.69, 9.17) is 10.2 Å². The van der Waals surface area contributed by atoms with E-state index >= 15 is 0 Å². The number of nitrogen functional groups attached to an aromatic ring is 1. The van der Waals surface area contributed by atoms with Gasteiger partial charge in [-0.15, -0.1) is 0 Å². The van der Waals surface area contributed by atoms with Crippen molar-refractivity contribution >= 4 is 5.82 Å². The molecule has 2 aromatic rings. The number of anilines is 1. The molecule has 0 amide bonds. The van der Waals surface area contributed by atoms with E-state index in [0.29, 0.717) is 5.82 Å². The predicted octanol–water partition coefficient (Wildman–Crippen LogP) is 2.07. The Kier molecular flexibility index (Phi) is 3.44. The summed E-state index contributed by atoms with van der Waals surface area (Å²) < 4.78 is 5.51. The van der Waals surface area contributed by atoms with Gasteiger partial charge in [-0.25, -0.2) is 4.98 Å². The third kappa shape index (κ3) is 2.47. The van der Waals surface area contributed by atoms with Gasteiger partial charge >= 0.3 is 0 Å². The SMILES string of the molecule is CNC(Cc1cccnc1N)c1occc1C. The number of likely N-dealkylation sites (N-methyl/N-ethyl adjacent to an activating group) is 1. The van der Waals surface area contributed by atoms with Crippen LogP contribution in [0.15, 0.2) is 35.1 Å². The second-order valence-corrected chi connectivity index (χ2v) is 4.06. The summed E-state index contributed by atoms with van der Waals surface area (Å²) in [5.74, 6) is 1.53. The van der Waals surface area contributed by atoms with Gasteiger partial charge in [-0.3, -0.25) is 0 Å². The molecule has 0 spiro atoms. The average molecular weight is 231 g/mol. The fraction of sp³-hybridized carbons (Fsp3) is 0.308.